The summed E-state index contributed by atoms with van der Waals surface area (Å²) in [7, 11) is 0. The number of nitrogens with one attached hydrogen (secondary N) is 2. The van der Waals surface area contributed by atoms with Gasteiger partial charge in [-0.25, -0.2) is 9.78 Å². The summed E-state index contributed by atoms with van der Waals surface area (Å²) in [6.45, 7) is 0.365. The van der Waals surface area contributed by atoms with Crippen molar-refractivity contribution in [2.24, 2.45) is 0 Å². The molecule has 104 valence electrons. The Hall–Kier alpha value is -2.89. The predicted octanol–water partition coefficient (Wildman–Crippen LogP) is 1.62. The number of anilines is 1. The third-order valence-corrected chi connectivity index (χ3v) is 3.69. The molecule has 0 radical (unpaired) electrons. The Morgan fingerprint density at radius 3 is 3.10 bits per heavy atom. The van der Waals surface area contributed by atoms with Crippen LogP contribution in [-0.4, -0.2) is 28.5 Å². The van der Waals surface area contributed by atoms with Crippen LogP contribution in [0.15, 0.2) is 24.5 Å². The molecular weight excluding hydrogens is 270 g/mol. The lowest BCUT2D eigenvalue weighted by atomic mass is 10.0. The third-order valence-electron chi connectivity index (χ3n) is 3.69. The van der Waals surface area contributed by atoms with E-state index >= 15 is 0 Å². The van der Waals surface area contributed by atoms with E-state index in [9.17, 15) is 9.59 Å². The summed E-state index contributed by atoms with van der Waals surface area (Å²) >= 11 is 0. The Kier molecular flexibility index (Phi) is 2.44. The zero-order valence-electron chi connectivity index (χ0n) is 11.0. The zero-order valence-corrected chi connectivity index (χ0v) is 11.0. The molecule has 21 heavy (non-hydrogen) atoms. The number of esters is 1. The topological polar surface area (TPSA) is 84.1 Å². The highest BCUT2D eigenvalue weighted by Gasteiger charge is 2.27. The summed E-state index contributed by atoms with van der Waals surface area (Å²) in [5.74, 6) is 0.0501. The molecule has 4 rings (SSSR count). The second-order valence-electron chi connectivity index (χ2n) is 4.89. The van der Waals surface area contributed by atoms with Gasteiger partial charge in [-0.2, -0.15) is 0 Å². The van der Waals surface area contributed by atoms with Gasteiger partial charge in [-0.1, -0.05) is 0 Å². The number of amides is 1. The fourth-order valence-electron chi connectivity index (χ4n) is 2.68. The molecule has 0 fully saturated rings. The first kappa shape index (κ1) is 11.9. The minimum atomic E-state index is -0.324. The van der Waals surface area contributed by atoms with Gasteiger partial charge in [0.1, 0.15) is 5.82 Å². The number of ether oxygens (including phenoxy) is 1. The summed E-state index contributed by atoms with van der Waals surface area (Å²) in [4.78, 5) is 30.9. The monoisotopic (exact) mass is 281 g/mol. The van der Waals surface area contributed by atoms with Gasteiger partial charge in [0, 0.05) is 30.1 Å². The van der Waals surface area contributed by atoms with Crippen LogP contribution >= 0.6 is 0 Å². The fraction of sp³-hybridized carbons (Fsp3) is 0.133. The number of H-pyrrole nitrogens is 1. The molecule has 1 amide bonds. The van der Waals surface area contributed by atoms with Gasteiger partial charge in [-0.05, 0) is 23.8 Å². The molecule has 4 heterocycles. The van der Waals surface area contributed by atoms with Gasteiger partial charge in [-0.3, -0.25) is 4.79 Å². The van der Waals surface area contributed by atoms with Crippen LogP contribution in [0.1, 0.15) is 27.2 Å². The van der Waals surface area contributed by atoms with E-state index in [1.54, 1.807) is 24.5 Å². The average Bonchev–Trinajstić information content (AvgIpc) is 3.03. The highest BCUT2D eigenvalue weighted by atomic mass is 16.5. The standard InChI is InChI=1S/C15H11N3O3/c19-14-10(9-2-1-4-16-13(9)18-14)6-12-8-3-5-21-15(20)11(8)7-17-12/h1-2,4,6-7,17H,3,5H2,(H,16,18,19)/b10-6-. The number of fused-ring (bicyclic) bond motifs is 2. The van der Waals surface area contributed by atoms with Crippen molar-refractivity contribution in [3.8, 4) is 0 Å². The lowest BCUT2D eigenvalue weighted by molar-refractivity contribution is -0.110. The van der Waals surface area contributed by atoms with Crippen molar-refractivity contribution in [1.82, 2.24) is 9.97 Å². The van der Waals surface area contributed by atoms with E-state index in [4.69, 9.17) is 4.74 Å². The number of cyclic esters (lactones) is 1. The fourth-order valence-corrected chi connectivity index (χ4v) is 2.68. The molecule has 0 spiro atoms. The van der Waals surface area contributed by atoms with Crippen LogP contribution in [0, 0.1) is 0 Å². The Bertz CT molecular complexity index is 804. The van der Waals surface area contributed by atoms with Crippen molar-refractivity contribution >= 4 is 29.3 Å². The van der Waals surface area contributed by atoms with Gasteiger partial charge in [0.15, 0.2) is 0 Å². The van der Waals surface area contributed by atoms with Crippen LogP contribution in [0.25, 0.3) is 11.6 Å². The van der Waals surface area contributed by atoms with Gasteiger partial charge in [0.25, 0.3) is 5.91 Å². The number of pyridine rings is 1. The minimum absolute atomic E-state index is 0.189. The van der Waals surface area contributed by atoms with Gasteiger partial charge in [-0.15, -0.1) is 0 Å². The maximum atomic E-state index is 12.1. The summed E-state index contributed by atoms with van der Waals surface area (Å²) in [6.07, 6.45) is 5.67. The quantitative estimate of drug-likeness (QED) is 0.614. The molecule has 2 aliphatic rings. The van der Waals surface area contributed by atoms with Gasteiger partial charge in [0.05, 0.1) is 17.7 Å². The Balaban J connectivity index is 1.83. The molecule has 0 aliphatic carbocycles. The van der Waals surface area contributed by atoms with Crippen molar-refractivity contribution in [2.75, 3.05) is 11.9 Å². The smallest absolute Gasteiger partial charge is 0.339 e. The molecule has 0 aromatic carbocycles. The highest BCUT2D eigenvalue weighted by Crippen LogP contribution is 2.32. The number of aromatic nitrogens is 2. The molecule has 0 atom stereocenters. The van der Waals surface area contributed by atoms with E-state index in [0.29, 0.717) is 30.0 Å². The maximum absolute atomic E-state index is 12.1. The van der Waals surface area contributed by atoms with Crippen LogP contribution in [0.2, 0.25) is 0 Å². The van der Waals surface area contributed by atoms with Crippen LogP contribution in [0.5, 0.6) is 0 Å². The lowest BCUT2D eigenvalue weighted by Gasteiger charge is -2.12. The average molecular weight is 281 g/mol. The largest absolute Gasteiger partial charge is 0.462 e. The molecule has 0 bridgehead atoms. The summed E-state index contributed by atoms with van der Waals surface area (Å²) in [5, 5.41) is 2.72. The highest BCUT2D eigenvalue weighted by molar-refractivity contribution is 6.34. The van der Waals surface area contributed by atoms with Crippen molar-refractivity contribution < 1.29 is 14.3 Å². The second kappa shape index (κ2) is 4.31. The summed E-state index contributed by atoms with van der Waals surface area (Å²) in [5.41, 5.74) is 3.51. The predicted molar refractivity (Wildman–Crippen MR) is 75.5 cm³/mol. The van der Waals surface area contributed by atoms with E-state index in [-0.39, 0.29) is 11.9 Å². The van der Waals surface area contributed by atoms with Crippen molar-refractivity contribution in [3.63, 3.8) is 0 Å². The molecule has 2 N–H and O–H groups in total. The summed E-state index contributed by atoms with van der Waals surface area (Å²) in [6, 6.07) is 3.63. The molecule has 2 aromatic rings. The first-order chi connectivity index (χ1) is 10.2. The van der Waals surface area contributed by atoms with Crippen LogP contribution in [0.4, 0.5) is 5.82 Å². The zero-order chi connectivity index (χ0) is 14.4. The number of aromatic amines is 1. The summed E-state index contributed by atoms with van der Waals surface area (Å²) < 4.78 is 5.00. The normalized spacial score (nSPS) is 18.2. The van der Waals surface area contributed by atoms with Crippen LogP contribution in [0.3, 0.4) is 0 Å². The molecule has 6 heteroatoms. The molecule has 2 aliphatic heterocycles. The second-order valence-corrected chi connectivity index (χ2v) is 4.89. The number of carbonyl (C=O) groups is 2. The van der Waals surface area contributed by atoms with E-state index in [0.717, 1.165) is 16.8 Å². The SMILES string of the molecule is O=C1Nc2ncccc2/C1=C/c1[nH]cc2c1CCOC2=O. The number of hydrogen-bond acceptors (Lipinski definition) is 4. The Labute approximate surface area is 119 Å². The van der Waals surface area contributed by atoms with Gasteiger partial charge >= 0.3 is 5.97 Å². The number of nitrogens with zero attached hydrogens (tertiary/aromatic N) is 1. The molecule has 2 aromatic heterocycles. The maximum Gasteiger partial charge on any atom is 0.339 e. The lowest BCUT2D eigenvalue weighted by Crippen LogP contribution is -2.16. The van der Waals surface area contributed by atoms with Crippen LogP contribution in [-0.2, 0) is 16.0 Å². The van der Waals surface area contributed by atoms with E-state index in [1.807, 2.05) is 6.07 Å². The van der Waals surface area contributed by atoms with Crippen molar-refractivity contribution in [2.45, 2.75) is 6.42 Å². The van der Waals surface area contributed by atoms with E-state index in [2.05, 4.69) is 15.3 Å². The molecule has 6 nitrogen and oxygen atoms in total. The number of rotatable bonds is 1. The molecule has 0 unspecified atom stereocenters. The number of hydrogen-bond donors (Lipinski definition) is 2. The Morgan fingerprint density at radius 2 is 2.19 bits per heavy atom. The minimum Gasteiger partial charge on any atom is -0.462 e. The van der Waals surface area contributed by atoms with Crippen molar-refractivity contribution in [1.29, 1.82) is 0 Å². The molecular formula is C15H11N3O3. The molecule has 0 saturated carbocycles. The Morgan fingerprint density at radius 1 is 1.29 bits per heavy atom. The van der Waals surface area contributed by atoms with E-state index in [1.165, 1.54) is 0 Å². The van der Waals surface area contributed by atoms with Crippen molar-refractivity contribution in [3.05, 3.63) is 46.9 Å². The first-order valence-corrected chi connectivity index (χ1v) is 6.60. The first-order valence-electron chi connectivity index (χ1n) is 6.60. The van der Waals surface area contributed by atoms with E-state index < -0.39 is 0 Å². The van der Waals surface area contributed by atoms with Gasteiger partial charge < -0.3 is 15.0 Å². The number of carbonyl (C=O) groups excluding carboxylic acids is 2. The molecule has 0 saturated heterocycles. The van der Waals surface area contributed by atoms with Gasteiger partial charge in [0.2, 0.25) is 0 Å². The van der Waals surface area contributed by atoms with Crippen LogP contribution < -0.4 is 5.32 Å². The third kappa shape index (κ3) is 1.76.